The van der Waals surface area contributed by atoms with Crippen LogP contribution in [0, 0.1) is 6.92 Å². The number of rotatable bonds is 5. The van der Waals surface area contributed by atoms with Gasteiger partial charge in [-0.05, 0) is 57.9 Å². The molecule has 0 aliphatic heterocycles. The average molecular weight is 511 g/mol. The van der Waals surface area contributed by atoms with Crippen LogP contribution in [-0.2, 0) is 11.3 Å². The molecule has 0 fully saturated rings. The first-order valence-electron chi connectivity index (χ1n) is 7.79. The Balaban J connectivity index is 0.00000529. The molecule has 136 valence electrons. The van der Waals surface area contributed by atoms with E-state index >= 15 is 0 Å². The van der Waals surface area contributed by atoms with Gasteiger partial charge >= 0.3 is 0 Å². The summed E-state index contributed by atoms with van der Waals surface area (Å²) in [5.41, 5.74) is 2.11. The number of aryl methyl sites for hydroxylation is 1. The molecule has 1 aromatic carbocycles. The highest BCUT2D eigenvalue weighted by molar-refractivity contribution is 14.0. The van der Waals surface area contributed by atoms with Crippen LogP contribution in [0.3, 0.4) is 0 Å². The number of nitrogens with zero attached hydrogens (tertiary/aromatic N) is 1. The minimum absolute atomic E-state index is 0. The van der Waals surface area contributed by atoms with Crippen molar-refractivity contribution in [1.29, 1.82) is 0 Å². The maximum atomic E-state index is 11.9. The number of hydrogen-bond donors (Lipinski definition) is 3. The fourth-order valence-electron chi connectivity index (χ4n) is 1.97. The second kappa shape index (κ2) is 10.9. The number of hydrogen-bond acceptors (Lipinski definition) is 2. The summed E-state index contributed by atoms with van der Waals surface area (Å²) in [7, 11) is 0. The lowest BCUT2D eigenvalue weighted by Crippen LogP contribution is -2.48. The third kappa shape index (κ3) is 9.46. The Kier molecular flexibility index (Phi) is 10.5. The molecule has 5 nitrogen and oxygen atoms in total. The molecule has 24 heavy (non-hydrogen) atoms. The number of halogens is 2. The second-order valence-electron chi connectivity index (χ2n) is 6.42. The van der Waals surface area contributed by atoms with Crippen molar-refractivity contribution in [3.8, 4) is 0 Å². The molecule has 0 aromatic heterocycles. The number of aliphatic imine (C=N–C) groups is 1. The van der Waals surface area contributed by atoms with Crippen molar-refractivity contribution in [1.82, 2.24) is 16.0 Å². The van der Waals surface area contributed by atoms with Gasteiger partial charge in [0.1, 0.15) is 0 Å². The van der Waals surface area contributed by atoms with Gasteiger partial charge in [-0.15, -0.1) is 24.0 Å². The van der Waals surface area contributed by atoms with E-state index in [0.29, 0.717) is 12.5 Å². The Morgan fingerprint density at radius 2 is 1.92 bits per heavy atom. The summed E-state index contributed by atoms with van der Waals surface area (Å²) in [4.78, 5) is 16.4. The molecule has 0 unspecified atom stereocenters. The first kappa shape index (κ1) is 23.2. The summed E-state index contributed by atoms with van der Waals surface area (Å²) in [5, 5.41) is 9.13. The summed E-state index contributed by atoms with van der Waals surface area (Å²) in [6, 6.07) is 6.13. The van der Waals surface area contributed by atoms with Gasteiger partial charge in [-0.1, -0.05) is 22.0 Å². The van der Waals surface area contributed by atoms with E-state index in [1.807, 2.05) is 33.8 Å². The zero-order chi connectivity index (χ0) is 17.5. The Morgan fingerprint density at radius 1 is 1.25 bits per heavy atom. The summed E-state index contributed by atoms with van der Waals surface area (Å²) in [5.74, 6) is 0.585. The van der Waals surface area contributed by atoms with Gasteiger partial charge in [0.25, 0.3) is 0 Å². The molecule has 0 saturated carbocycles. The van der Waals surface area contributed by atoms with Gasteiger partial charge in [0, 0.05) is 16.6 Å². The fourth-order valence-corrected chi connectivity index (χ4v) is 2.44. The molecule has 0 aliphatic carbocycles. The second-order valence-corrected chi connectivity index (χ2v) is 7.33. The smallest absolute Gasteiger partial charge is 0.239 e. The summed E-state index contributed by atoms with van der Waals surface area (Å²) >= 11 is 3.46. The molecule has 0 saturated heterocycles. The van der Waals surface area contributed by atoms with Crippen LogP contribution in [0.5, 0.6) is 0 Å². The molecular formula is C17H28BrIN4O. The van der Waals surface area contributed by atoms with Gasteiger partial charge in [-0.2, -0.15) is 0 Å². The molecule has 3 N–H and O–H groups in total. The minimum atomic E-state index is -0.233. The number of nitrogens with one attached hydrogen (secondary N) is 3. The predicted molar refractivity (Wildman–Crippen MR) is 115 cm³/mol. The number of guanidine groups is 1. The molecule has 0 bridgehead atoms. The molecule has 0 spiro atoms. The van der Waals surface area contributed by atoms with Crippen LogP contribution in [0.25, 0.3) is 0 Å². The lowest BCUT2D eigenvalue weighted by Gasteiger charge is -2.21. The van der Waals surface area contributed by atoms with Crippen LogP contribution < -0.4 is 16.0 Å². The molecule has 0 atom stereocenters. The summed E-state index contributed by atoms with van der Waals surface area (Å²) < 4.78 is 1.06. The zero-order valence-corrected chi connectivity index (χ0v) is 18.9. The minimum Gasteiger partial charge on any atom is -0.357 e. The van der Waals surface area contributed by atoms with Crippen molar-refractivity contribution in [2.24, 2.45) is 4.99 Å². The first-order valence-corrected chi connectivity index (χ1v) is 8.59. The topological polar surface area (TPSA) is 65.5 Å². The van der Waals surface area contributed by atoms with E-state index < -0.39 is 0 Å². The quantitative estimate of drug-likeness (QED) is 0.323. The van der Waals surface area contributed by atoms with Gasteiger partial charge in [0.2, 0.25) is 5.91 Å². The maximum absolute atomic E-state index is 11.9. The Labute approximate surface area is 170 Å². The predicted octanol–water partition coefficient (Wildman–Crippen LogP) is 3.35. The highest BCUT2D eigenvalue weighted by atomic mass is 127. The van der Waals surface area contributed by atoms with Crippen molar-refractivity contribution >= 4 is 51.8 Å². The highest BCUT2D eigenvalue weighted by Crippen LogP contribution is 2.16. The molecule has 1 amide bonds. The van der Waals surface area contributed by atoms with Crippen LogP contribution >= 0.6 is 39.9 Å². The number of amides is 1. The van der Waals surface area contributed by atoms with Gasteiger partial charge < -0.3 is 16.0 Å². The van der Waals surface area contributed by atoms with E-state index in [4.69, 9.17) is 0 Å². The van der Waals surface area contributed by atoms with Crippen LogP contribution in [0.1, 0.15) is 38.8 Å². The summed E-state index contributed by atoms with van der Waals surface area (Å²) in [6.07, 6.45) is 0. The molecular weight excluding hydrogens is 483 g/mol. The third-order valence-corrected chi connectivity index (χ3v) is 3.48. The van der Waals surface area contributed by atoms with E-state index in [1.54, 1.807) is 0 Å². The highest BCUT2D eigenvalue weighted by Gasteiger charge is 2.13. The van der Waals surface area contributed by atoms with E-state index in [2.05, 4.69) is 55.9 Å². The lowest BCUT2D eigenvalue weighted by molar-refractivity contribution is -0.121. The van der Waals surface area contributed by atoms with Crippen molar-refractivity contribution in [3.05, 3.63) is 33.8 Å². The first-order chi connectivity index (χ1) is 10.7. The average Bonchev–Trinajstić information content (AvgIpc) is 2.41. The molecule has 1 rings (SSSR count). The normalized spacial score (nSPS) is 11.5. The zero-order valence-electron chi connectivity index (χ0n) is 15.0. The van der Waals surface area contributed by atoms with Crippen LogP contribution in [0.4, 0.5) is 0 Å². The Bertz CT molecular complexity index is 570. The summed E-state index contributed by atoms with van der Waals surface area (Å²) in [6.45, 7) is 11.4. The fraction of sp³-hybridized carbons (Fsp3) is 0.529. The van der Waals surface area contributed by atoms with Crippen LogP contribution in [-0.4, -0.2) is 30.5 Å². The van der Waals surface area contributed by atoms with Gasteiger partial charge in [-0.3, -0.25) is 4.79 Å². The van der Waals surface area contributed by atoms with E-state index in [1.165, 1.54) is 5.56 Å². The molecule has 0 aliphatic rings. The molecule has 7 heteroatoms. The van der Waals surface area contributed by atoms with Crippen LogP contribution in [0.15, 0.2) is 27.7 Å². The molecule has 0 radical (unpaired) electrons. The monoisotopic (exact) mass is 510 g/mol. The Morgan fingerprint density at radius 3 is 2.46 bits per heavy atom. The Hall–Kier alpha value is -0.830. The van der Waals surface area contributed by atoms with Gasteiger partial charge in [0.15, 0.2) is 5.96 Å². The van der Waals surface area contributed by atoms with E-state index in [9.17, 15) is 4.79 Å². The lowest BCUT2D eigenvalue weighted by atomic mass is 10.1. The van der Waals surface area contributed by atoms with Crippen molar-refractivity contribution in [2.75, 3.05) is 13.1 Å². The van der Waals surface area contributed by atoms with E-state index in [0.717, 1.165) is 16.6 Å². The molecule has 1 aromatic rings. The van der Waals surface area contributed by atoms with Crippen LogP contribution in [0.2, 0.25) is 0 Å². The van der Waals surface area contributed by atoms with Crippen molar-refractivity contribution in [2.45, 2.75) is 46.7 Å². The molecule has 0 heterocycles. The van der Waals surface area contributed by atoms with Crippen molar-refractivity contribution < 1.29 is 4.79 Å². The standard InChI is InChI=1S/C17H27BrN4O.HI/c1-6-19-16(21-11-15(23)22-17(3,4)5)20-10-13-7-8-14(18)9-12(13)2;/h7-9H,6,10-11H2,1-5H3,(H,22,23)(H2,19,20,21);1H. The van der Waals surface area contributed by atoms with E-state index in [-0.39, 0.29) is 42.0 Å². The SMILES string of the molecule is CCNC(=NCc1ccc(Br)cc1C)NCC(=O)NC(C)(C)C.I. The third-order valence-electron chi connectivity index (χ3n) is 2.99. The van der Waals surface area contributed by atoms with Gasteiger partial charge in [0.05, 0.1) is 13.1 Å². The number of carbonyl (C=O) groups excluding carboxylic acids is 1. The number of benzene rings is 1. The van der Waals surface area contributed by atoms with Gasteiger partial charge in [-0.25, -0.2) is 4.99 Å². The maximum Gasteiger partial charge on any atom is 0.239 e. The van der Waals surface area contributed by atoms with Crippen molar-refractivity contribution in [3.63, 3.8) is 0 Å². The number of carbonyl (C=O) groups is 1. The largest absolute Gasteiger partial charge is 0.357 e.